The minimum Gasteiger partial charge on any atom is -0.381 e. The first kappa shape index (κ1) is 17.4. The highest BCUT2D eigenvalue weighted by molar-refractivity contribution is 6.36. The van der Waals surface area contributed by atoms with Gasteiger partial charge in [0, 0.05) is 47.2 Å². The third-order valence-corrected chi connectivity index (χ3v) is 5.67. The first-order chi connectivity index (χ1) is 13.7. The zero-order valence-corrected chi connectivity index (χ0v) is 16.3. The lowest BCUT2D eigenvalue weighted by molar-refractivity contribution is 0.0845. The monoisotopic (exact) mass is 393 g/mol. The molecule has 0 unspecified atom stereocenters. The topological polar surface area (TPSA) is 75.2 Å². The summed E-state index contributed by atoms with van der Waals surface area (Å²) in [6, 6.07) is 9.87. The molecule has 0 spiro atoms. The van der Waals surface area contributed by atoms with Crippen molar-refractivity contribution in [3.05, 3.63) is 64.1 Å². The molecule has 0 amide bonds. The molecule has 0 radical (unpaired) electrons. The van der Waals surface area contributed by atoms with E-state index in [-0.39, 0.29) is 0 Å². The van der Waals surface area contributed by atoms with Gasteiger partial charge < -0.3 is 10.1 Å². The van der Waals surface area contributed by atoms with Crippen LogP contribution in [0.25, 0.3) is 0 Å². The van der Waals surface area contributed by atoms with Gasteiger partial charge in [-0.1, -0.05) is 29.8 Å². The number of aliphatic imine (C=N–C) groups is 1. The van der Waals surface area contributed by atoms with Crippen LogP contribution in [0.5, 0.6) is 0 Å². The highest BCUT2D eigenvalue weighted by Crippen LogP contribution is 2.38. The van der Waals surface area contributed by atoms with E-state index in [9.17, 15) is 0 Å². The van der Waals surface area contributed by atoms with E-state index >= 15 is 0 Å². The lowest BCUT2D eigenvalue weighted by atomic mass is 9.94. The number of benzene rings is 1. The lowest BCUT2D eigenvalue weighted by Crippen LogP contribution is -2.16. The Bertz CT molecular complexity index is 1070. The van der Waals surface area contributed by atoms with Gasteiger partial charge in [0.1, 0.15) is 5.69 Å². The fraction of sp³-hybridized carbons (Fsp3) is 0.286. The van der Waals surface area contributed by atoms with Crippen molar-refractivity contribution in [2.45, 2.75) is 25.7 Å². The molecule has 1 aromatic carbocycles. The van der Waals surface area contributed by atoms with Crippen LogP contribution in [-0.4, -0.2) is 34.1 Å². The molecule has 2 aliphatic rings. The molecule has 2 aromatic heterocycles. The predicted molar refractivity (Wildman–Crippen MR) is 110 cm³/mol. The summed E-state index contributed by atoms with van der Waals surface area (Å²) >= 11 is 6.51. The Morgan fingerprint density at radius 3 is 2.79 bits per heavy atom. The summed E-state index contributed by atoms with van der Waals surface area (Å²) in [5, 5.41) is 11.5. The molecule has 6 nitrogen and oxygen atoms in total. The summed E-state index contributed by atoms with van der Waals surface area (Å²) in [5.74, 6) is 1.12. The van der Waals surface area contributed by atoms with Crippen molar-refractivity contribution in [3.63, 3.8) is 0 Å². The number of halogens is 1. The normalized spacial score (nSPS) is 16.6. The van der Waals surface area contributed by atoms with Gasteiger partial charge in [-0.3, -0.25) is 10.1 Å². The summed E-state index contributed by atoms with van der Waals surface area (Å²) in [6.07, 6.45) is 3.88. The number of pyridine rings is 1. The number of anilines is 2. The van der Waals surface area contributed by atoms with Crippen LogP contribution in [0.1, 0.15) is 41.3 Å². The van der Waals surface area contributed by atoms with E-state index in [1.54, 1.807) is 0 Å². The van der Waals surface area contributed by atoms with Crippen LogP contribution in [-0.2, 0) is 4.74 Å². The number of rotatable bonds is 2. The van der Waals surface area contributed by atoms with E-state index in [2.05, 4.69) is 21.6 Å². The van der Waals surface area contributed by atoms with Crippen molar-refractivity contribution in [1.29, 1.82) is 0 Å². The molecular formula is C21H20ClN5O. The highest BCUT2D eigenvalue weighted by Gasteiger charge is 2.25. The van der Waals surface area contributed by atoms with E-state index < -0.39 is 0 Å². The maximum absolute atomic E-state index is 6.51. The molecule has 4 heterocycles. The number of ether oxygens (including phenoxy) is 1. The van der Waals surface area contributed by atoms with Crippen LogP contribution in [0.15, 0.2) is 41.5 Å². The summed E-state index contributed by atoms with van der Waals surface area (Å²) in [7, 11) is 0. The van der Waals surface area contributed by atoms with E-state index in [1.165, 1.54) is 0 Å². The average Bonchev–Trinajstić information content (AvgIpc) is 2.98. The molecule has 2 N–H and O–H groups in total. The second kappa shape index (κ2) is 7.04. The molecule has 142 valence electrons. The van der Waals surface area contributed by atoms with E-state index in [4.69, 9.17) is 26.3 Å². The Hall–Kier alpha value is -2.70. The van der Waals surface area contributed by atoms with E-state index in [0.29, 0.717) is 16.8 Å². The summed E-state index contributed by atoms with van der Waals surface area (Å²) in [6.45, 7) is 3.53. The quantitative estimate of drug-likeness (QED) is 0.508. The van der Waals surface area contributed by atoms with Crippen molar-refractivity contribution in [1.82, 2.24) is 15.2 Å². The Kier molecular flexibility index (Phi) is 4.37. The number of nitrogens with one attached hydrogen (secondary N) is 2. The minimum atomic E-state index is 0.408. The Balaban J connectivity index is 1.68. The van der Waals surface area contributed by atoms with Crippen molar-refractivity contribution < 1.29 is 4.74 Å². The van der Waals surface area contributed by atoms with Crippen molar-refractivity contribution >= 4 is 34.5 Å². The minimum absolute atomic E-state index is 0.408. The number of H-pyrrole nitrogens is 1. The second-order valence-electron chi connectivity index (χ2n) is 7.15. The smallest absolute Gasteiger partial charge is 0.178 e. The summed E-state index contributed by atoms with van der Waals surface area (Å²) < 4.78 is 5.50. The lowest BCUT2D eigenvalue weighted by Gasteiger charge is -2.22. The molecule has 2 aliphatic heterocycles. The molecule has 0 bridgehead atoms. The third kappa shape index (κ3) is 2.99. The largest absolute Gasteiger partial charge is 0.381 e. The number of fused-ring (bicyclic) bond motifs is 2. The van der Waals surface area contributed by atoms with Gasteiger partial charge in [-0.2, -0.15) is 5.10 Å². The van der Waals surface area contributed by atoms with Gasteiger partial charge in [0.2, 0.25) is 0 Å². The molecule has 7 heteroatoms. The van der Waals surface area contributed by atoms with Gasteiger partial charge in [0.15, 0.2) is 5.82 Å². The zero-order chi connectivity index (χ0) is 19.1. The van der Waals surface area contributed by atoms with Crippen molar-refractivity contribution in [2.24, 2.45) is 4.99 Å². The summed E-state index contributed by atoms with van der Waals surface area (Å²) in [4.78, 5) is 9.71. The predicted octanol–water partition coefficient (Wildman–Crippen LogP) is 4.89. The van der Waals surface area contributed by atoms with Crippen LogP contribution >= 0.6 is 11.6 Å². The van der Waals surface area contributed by atoms with Crippen LogP contribution in [0, 0.1) is 6.92 Å². The molecule has 3 aromatic rings. The standard InChI is InChI=1S/C21H20ClN5O/c1-12-19-21(27-26-12)24-18-10-17(13-6-8-28-9-7-13)23-11-15(18)20(25-19)14-4-2-3-5-16(14)22/h2-5,10-11,13H,6-9H2,1H3,(H2,24,26,27). The molecular weight excluding hydrogens is 374 g/mol. The maximum Gasteiger partial charge on any atom is 0.178 e. The Morgan fingerprint density at radius 1 is 1.14 bits per heavy atom. The van der Waals surface area contributed by atoms with Crippen LogP contribution < -0.4 is 5.32 Å². The van der Waals surface area contributed by atoms with Crippen LogP contribution in [0.3, 0.4) is 0 Å². The zero-order valence-electron chi connectivity index (χ0n) is 15.5. The van der Waals surface area contributed by atoms with E-state index in [0.717, 1.165) is 65.7 Å². The van der Waals surface area contributed by atoms with Gasteiger partial charge >= 0.3 is 0 Å². The Labute approximate surface area is 168 Å². The Morgan fingerprint density at radius 2 is 1.96 bits per heavy atom. The molecule has 1 saturated heterocycles. The van der Waals surface area contributed by atoms with Gasteiger partial charge in [0.05, 0.1) is 17.1 Å². The fourth-order valence-corrected chi connectivity index (χ4v) is 4.01. The third-order valence-electron chi connectivity index (χ3n) is 5.34. The van der Waals surface area contributed by atoms with Gasteiger partial charge in [0.25, 0.3) is 0 Å². The van der Waals surface area contributed by atoms with Gasteiger partial charge in [-0.25, -0.2) is 4.99 Å². The SMILES string of the molecule is Cc1[nH]nc2c1N=C(c1ccccc1Cl)c1cnc(C3CCOCC3)cc1N2. The first-order valence-electron chi connectivity index (χ1n) is 9.44. The molecule has 0 atom stereocenters. The number of hydrogen-bond donors (Lipinski definition) is 2. The highest BCUT2D eigenvalue weighted by atomic mass is 35.5. The molecule has 0 saturated carbocycles. The number of nitrogens with zero attached hydrogens (tertiary/aromatic N) is 3. The van der Waals surface area contributed by atoms with E-state index in [1.807, 2.05) is 37.4 Å². The van der Waals surface area contributed by atoms with Crippen molar-refractivity contribution in [2.75, 3.05) is 18.5 Å². The molecule has 5 rings (SSSR count). The first-order valence-corrected chi connectivity index (χ1v) is 9.82. The number of aryl methyl sites for hydroxylation is 1. The van der Waals surface area contributed by atoms with Gasteiger partial charge in [-0.05, 0) is 31.9 Å². The maximum atomic E-state index is 6.51. The van der Waals surface area contributed by atoms with Crippen molar-refractivity contribution in [3.8, 4) is 0 Å². The van der Waals surface area contributed by atoms with Gasteiger partial charge in [-0.15, -0.1) is 0 Å². The average molecular weight is 394 g/mol. The second-order valence-corrected chi connectivity index (χ2v) is 7.56. The van der Waals surface area contributed by atoms with Crippen LogP contribution in [0.2, 0.25) is 5.02 Å². The van der Waals surface area contributed by atoms with Crippen LogP contribution in [0.4, 0.5) is 17.2 Å². The molecule has 0 aliphatic carbocycles. The molecule has 28 heavy (non-hydrogen) atoms. The number of aromatic amines is 1. The molecule has 1 fully saturated rings. The fourth-order valence-electron chi connectivity index (χ4n) is 3.79. The number of hydrogen-bond acceptors (Lipinski definition) is 5. The number of aromatic nitrogens is 3. The summed E-state index contributed by atoms with van der Waals surface area (Å²) in [5.41, 5.74) is 6.30.